The zero-order chi connectivity index (χ0) is 13.8. The van der Waals surface area contributed by atoms with Gasteiger partial charge < -0.3 is 9.63 Å². The van der Waals surface area contributed by atoms with Gasteiger partial charge in [-0.2, -0.15) is 4.98 Å². The fourth-order valence-corrected chi connectivity index (χ4v) is 2.75. The van der Waals surface area contributed by atoms with Crippen molar-refractivity contribution in [3.8, 4) is 0 Å². The summed E-state index contributed by atoms with van der Waals surface area (Å²) in [6, 6.07) is 3.88. The van der Waals surface area contributed by atoms with Crippen molar-refractivity contribution >= 4 is 0 Å². The quantitative estimate of drug-likeness (QED) is 0.870. The van der Waals surface area contributed by atoms with Crippen molar-refractivity contribution in [3.63, 3.8) is 0 Å². The summed E-state index contributed by atoms with van der Waals surface area (Å²) in [4.78, 5) is 8.45. The maximum Gasteiger partial charge on any atom is 0.232 e. The van der Waals surface area contributed by atoms with Crippen LogP contribution in [0.5, 0.6) is 0 Å². The van der Waals surface area contributed by atoms with Crippen LogP contribution in [0.15, 0.2) is 29.0 Å². The molecule has 1 N–H and O–H groups in total. The molecule has 0 radical (unpaired) electrons. The van der Waals surface area contributed by atoms with E-state index in [2.05, 4.69) is 15.1 Å². The highest BCUT2D eigenvalue weighted by molar-refractivity contribution is 5.15. The number of hydrogen-bond acceptors (Lipinski definition) is 5. The molecule has 2 heterocycles. The topological polar surface area (TPSA) is 72.0 Å². The molecule has 1 saturated carbocycles. The molecule has 2 atom stereocenters. The average Bonchev–Trinajstić information content (AvgIpc) is 2.81. The number of nitrogens with zero attached hydrogens (tertiary/aromatic N) is 3. The van der Waals surface area contributed by atoms with Crippen molar-refractivity contribution in [2.75, 3.05) is 0 Å². The molecule has 1 fully saturated rings. The number of aliphatic hydroxyl groups excluding tert-OH is 1. The summed E-state index contributed by atoms with van der Waals surface area (Å²) in [5.41, 5.74) is 1.11. The molecule has 0 bridgehead atoms. The van der Waals surface area contributed by atoms with Crippen LogP contribution in [0.1, 0.15) is 55.3 Å². The Hall–Kier alpha value is -1.75. The summed E-state index contributed by atoms with van der Waals surface area (Å²) in [7, 11) is 0. The molecule has 106 valence electrons. The van der Waals surface area contributed by atoms with Crippen LogP contribution in [0.4, 0.5) is 0 Å². The molecule has 1 aliphatic carbocycles. The van der Waals surface area contributed by atoms with Gasteiger partial charge in [0.25, 0.3) is 0 Å². The van der Waals surface area contributed by atoms with Gasteiger partial charge >= 0.3 is 0 Å². The van der Waals surface area contributed by atoms with Gasteiger partial charge in [-0.3, -0.25) is 4.98 Å². The van der Waals surface area contributed by atoms with Gasteiger partial charge in [0.15, 0.2) is 5.82 Å². The van der Waals surface area contributed by atoms with E-state index in [1.165, 1.54) is 6.42 Å². The van der Waals surface area contributed by atoms with Gasteiger partial charge in [-0.1, -0.05) is 24.4 Å². The predicted octanol–water partition coefficient (Wildman–Crippen LogP) is 2.46. The smallest absolute Gasteiger partial charge is 0.232 e. The zero-order valence-electron chi connectivity index (χ0n) is 11.4. The van der Waals surface area contributed by atoms with E-state index in [0.29, 0.717) is 18.1 Å². The van der Waals surface area contributed by atoms with Crippen LogP contribution in [-0.4, -0.2) is 26.3 Å². The monoisotopic (exact) mass is 273 g/mol. The van der Waals surface area contributed by atoms with Crippen LogP contribution >= 0.6 is 0 Å². The van der Waals surface area contributed by atoms with Gasteiger partial charge in [0.2, 0.25) is 5.89 Å². The second-order valence-corrected chi connectivity index (χ2v) is 5.39. The third kappa shape index (κ3) is 3.04. The van der Waals surface area contributed by atoms with Crippen molar-refractivity contribution in [1.82, 2.24) is 15.1 Å². The Balaban J connectivity index is 1.72. The Labute approximate surface area is 118 Å². The van der Waals surface area contributed by atoms with Crippen LogP contribution in [0.3, 0.4) is 0 Å². The lowest BCUT2D eigenvalue weighted by atomic mass is 9.97. The van der Waals surface area contributed by atoms with Gasteiger partial charge in [-0.15, -0.1) is 0 Å². The minimum absolute atomic E-state index is 0.00353. The van der Waals surface area contributed by atoms with Crippen LogP contribution in [0.2, 0.25) is 0 Å². The van der Waals surface area contributed by atoms with Gasteiger partial charge in [0, 0.05) is 18.8 Å². The standard InChI is InChI=1S/C15H19N3O2/c19-13-5-3-1-2-4-12(13)15-17-14(18-20-15)10-11-6-8-16-9-7-11/h6-9,12-13,19H,1-5,10H2. The van der Waals surface area contributed by atoms with E-state index < -0.39 is 0 Å². The minimum atomic E-state index is -0.355. The maximum atomic E-state index is 10.2. The summed E-state index contributed by atoms with van der Waals surface area (Å²) < 4.78 is 5.37. The number of hydrogen-bond donors (Lipinski definition) is 1. The SMILES string of the molecule is OC1CCCCCC1c1nc(Cc2ccncc2)no1. The van der Waals surface area contributed by atoms with E-state index in [4.69, 9.17) is 4.52 Å². The zero-order valence-corrected chi connectivity index (χ0v) is 11.4. The van der Waals surface area contributed by atoms with Crippen molar-refractivity contribution in [3.05, 3.63) is 41.8 Å². The lowest BCUT2D eigenvalue weighted by Crippen LogP contribution is -2.17. The fraction of sp³-hybridized carbons (Fsp3) is 0.533. The molecular formula is C15H19N3O2. The molecule has 2 aromatic rings. The first-order chi connectivity index (χ1) is 9.83. The van der Waals surface area contributed by atoms with Crippen molar-refractivity contribution in [2.24, 2.45) is 0 Å². The average molecular weight is 273 g/mol. The highest BCUT2D eigenvalue weighted by atomic mass is 16.5. The summed E-state index contributed by atoms with van der Waals surface area (Å²) in [5, 5.41) is 14.2. The highest BCUT2D eigenvalue weighted by Gasteiger charge is 2.28. The Bertz CT molecular complexity index is 541. The Kier molecular flexibility index (Phi) is 4.06. The maximum absolute atomic E-state index is 10.2. The highest BCUT2D eigenvalue weighted by Crippen LogP contribution is 2.31. The molecule has 3 rings (SSSR count). The molecule has 0 aliphatic heterocycles. The van der Waals surface area contributed by atoms with E-state index in [1.54, 1.807) is 12.4 Å². The summed E-state index contributed by atoms with van der Waals surface area (Å²) in [6.07, 6.45) is 8.91. The van der Waals surface area contributed by atoms with E-state index >= 15 is 0 Å². The van der Waals surface area contributed by atoms with E-state index in [0.717, 1.165) is 31.2 Å². The van der Waals surface area contributed by atoms with E-state index in [-0.39, 0.29) is 12.0 Å². The van der Waals surface area contributed by atoms with Crippen LogP contribution < -0.4 is 0 Å². The van der Waals surface area contributed by atoms with E-state index in [1.807, 2.05) is 12.1 Å². The molecule has 0 saturated heterocycles. The normalized spacial score (nSPS) is 23.4. The van der Waals surface area contributed by atoms with Crippen LogP contribution in [0, 0.1) is 0 Å². The Morgan fingerprint density at radius 2 is 1.95 bits per heavy atom. The molecule has 0 spiro atoms. The number of pyridine rings is 1. The molecule has 1 aliphatic rings. The molecule has 2 aromatic heterocycles. The second-order valence-electron chi connectivity index (χ2n) is 5.39. The van der Waals surface area contributed by atoms with Gasteiger partial charge in [-0.05, 0) is 30.5 Å². The second kappa shape index (κ2) is 6.13. The minimum Gasteiger partial charge on any atom is -0.392 e. The van der Waals surface area contributed by atoms with E-state index in [9.17, 15) is 5.11 Å². The third-order valence-corrected chi connectivity index (χ3v) is 3.89. The lowest BCUT2D eigenvalue weighted by molar-refractivity contribution is 0.119. The summed E-state index contributed by atoms with van der Waals surface area (Å²) >= 11 is 0. The van der Waals surface area contributed by atoms with Gasteiger partial charge in [0.1, 0.15) is 0 Å². The largest absolute Gasteiger partial charge is 0.392 e. The molecule has 5 heteroatoms. The van der Waals surface area contributed by atoms with Gasteiger partial charge in [0.05, 0.1) is 12.0 Å². The molecule has 20 heavy (non-hydrogen) atoms. The predicted molar refractivity (Wildman–Crippen MR) is 73.2 cm³/mol. The van der Waals surface area contributed by atoms with Gasteiger partial charge in [-0.25, -0.2) is 0 Å². The van der Waals surface area contributed by atoms with Crippen molar-refractivity contribution in [2.45, 2.75) is 50.5 Å². The van der Waals surface area contributed by atoms with Crippen molar-refractivity contribution < 1.29 is 9.63 Å². The number of rotatable bonds is 3. The lowest BCUT2D eigenvalue weighted by Gasteiger charge is -2.15. The molecule has 0 aromatic carbocycles. The first-order valence-corrected chi connectivity index (χ1v) is 7.22. The Morgan fingerprint density at radius 3 is 2.80 bits per heavy atom. The summed E-state index contributed by atoms with van der Waals surface area (Å²) in [6.45, 7) is 0. The summed E-state index contributed by atoms with van der Waals surface area (Å²) in [5.74, 6) is 1.25. The van der Waals surface area contributed by atoms with Crippen LogP contribution in [-0.2, 0) is 6.42 Å². The first-order valence-electron chi connectivity index (χ1n) is 7.22. The number of aromatic nitrogens is 3. The van der Waals surface area contributed by atoms with Crippen molar-refractivity contribution in [1.29, 1.82) is 0 Å². The van der Waals surface area contributed by atoms with Crippen LogP contribution in [0.25, 0.3) is 0 Å². The molecular weight excluding hydrogens is 254 g/mol. The molecule has 0 amide bonds. The molecule has 5 nitrogen and oxygen atoms in total. The first kappa shape index (κ1) is 13.2. The fourth-order valence-electron chi connectivity index (χ4n) is 2.75. The third-order valence-electron chi connectivity index (χ3n) is 3.89. The number of aliphatic hydroxyl groups is 1. The molecule has 2 unspecified atom stereocenters. The Morgan fingerprint density at radius 1 is 1.15 bits per heavy atom.